The Kier molecular flexibility index (Phi) is 10.2. The number of halogens is 1. The number of aryl methyl sites for hydroxylation is 1. The lowest BCUT2D eigenvalue weighted by Gasteiger charge is -2.19. The second-order valence-corrected chi connectivity index (χ2v) is 4.37. The molecule has 0 heterocycles. The highest BCUT2D eigenvalue weighted by Gasteiger charge is 2.01. The lowest BCUT2D eigenvalue weighted by atomic mass is 10.1. The summed E-state index contributed by atoms with van der Waals surface area (Å²) in [5, 5.41) is 0. The van der Waals surface area contributed by atoms with Gasteiger partial charge < -0.3 is 15.4 Å². The third kappa shape index (κ3) is 6.45. The molecule has 0 spiro atoms. The van der Waals surface area contributed by atoms with Gasteiger partial charge >= 0.3 is 0 Å². The van der Waals surface area contributed by atoms with E-state index in [4.69, 9.17) is 10.5 Å². The highest BCUT2D eigenvalue weighted by Crippen LogP contribution is 2.13. The predicted octanol–water partition coefficient (Wildman–Crippen LogP) is 2.90. The molecule has 0 fully saturated rings. The molecular formula is C15H26IN3O. The number of nitrogens with two attached hydrogens (primary N) is 1. The molecule has 1 aromatic rings. The van der Waals surface area contributed by atoms with Crippen molar-refractivity contribution in [2.24, 2.45) is 10.7 Å². The number of methoxy groups -OCH3 is 1. The fraction of sp³-hybridized carbons (Fsp3) is 0.533. The van der Waals surface area contributed by atoms with Crippen molar-refractivity contribution in [2.45, 2.75) is 26.7 Å². The molecule has 0 aromatic heterocycles. The summed E-state index contributed by atoms with van der Waals surface area (Å²) in [5.74, 6) is 1.55. The molecule has 20 heavy (non-hydrogen) atoms. The Morgan fingerprint density at radius 3 is 2.60 bits per heavy atom. The van der Waals surface area contributed by atoms with Crippen LogP contribution in [0.1, 0.15) is 25.8 Å². The van der Waals surface area contributed by atoms with Crippen LogP contribution >= 0.6 is 24.0 Å². The van der Waals surface area contributed by atoms with E-state index in [-0.39, 0.29) is 24.0 Å². The van der Waals surface area contributed by atoms with E-state index in [1.165, 1.54) is 5.56 Å². The fourth-order valence-electron chi connectivity index (χ4n) is 1.95. The van der Waals surface area contributed by atoms with Gasteiger partial charge in [-0.15, -0.1) is 24.0 Å². The second-order valence-electron chi connectivity index (χ2n) is 4.37. The molecule has 5 heteroatoms. The zero-order valence-electron chi connectivity index (χ0n) is 12.6. The van der Waals surface area contributed by atoms with E-state index in [9.17, 15) is 0 Å². The van der Waals surface area contributed by atoms with Crippen molar-refractivity contribution in [1.82, 2.24) is 4.90 Å². The molecule has 4 nitrogen and oxygen atoms in total. The van der Waals surface area contributed by atoms with Gasteiger partial charge in [0.2, 0.25) is 0 Å². The van der Waals surface area contributed by atoms with Gasteiger partial charge in [0.1, 0.15) is 5.75 Å². The van der Waals surface area contributed by atoms with Gasteiger partial charge in [0, 0.05) is 19.6 Å². The second kappa shape index (κ2) is 10.8. The Morgan fingerprint density at radius 1 is 1.30 bits per heavy atom. The number of aliphatic imine (C=N–C) groups is 1. The van der Waals surface area contributed by atoms with E-state index >= 15 is 0 Å². The van der Waals surface area contributed by atoms with Gasteiger partial charge in [-0.2, -0.15) is 0 Å². The summed E-state index contributed by atoms with van der Waals surface area (Å²) in [5.41, 5.74) is 7.19. The molecule has 0 unspecified atom stereocenters. The minimum Gasteiger partial charge on any atom is -0.497 e. The van der Waals surface area contributed by atoms with Gasteiger partial charge in [0.15, 0.2) is 5.96 Å². The number of hydrogen-bond donors (Lipinski definition) is 1. The zero-order chi connectivity index (χ0) is 14.1. The summed E-state index contributed by atoms with van der Waals surface area (Å²) < 4.78 is 5.21. The van der Waals surface area contributed by atoms with Crippen molar-refractivity contribution in [3.8, 4) is 5.75 Å². The molecule has 0 aliphatic carbocycles. The molecule has 0 saturated heterocycles. The monoisotopic (exact) mass is 391 g/mol. The summed E-state index contributed by atoms with van der Waals surface area (Å²) in [6.07, 6.45) is 1.99. The van der Waals surface area contributed by atoms with Crippen molar-refractivity contribution in [3.05, 3.63) is 29.8 Å². The molecule has 0 bridgehead atoms. The maximum Gasteiger partial charge on any atom is 0.191 e. The first kappa shape index (κ1) is 19.0. The Balaban J connectivity index is 0.00000361. The number of hydrogen-bond acceptors (Lipinski definition) is 2. The van der Waals surface area contributed by atoms with Crippen LogP contribution in [0.15, 0.2) is 29.3 Å². The van der Waals surface area contributed by atoms with Crippen molar-refractivity contribution in [2.75, 3.05) is 26.7 Å². The highest BCUT2D eigenvalue weighted by molar-refractivity contribution is 14.0. The average molecular weight is 391 g/mol. The number of benzene rings is 1. The Hall–Kier alpha value is -0.980. The Bertz CT molecular complexity index is 406. The van der Waals surface area contributed by atoms with Crippen LogP contribution in [0, 0.1) is 0 Å². The summed E-state index contributed by atoms with van der Waals surface area (Å²) in [6.45, 7) is 6.74. The van der Waals surface area contributed by atoms with E-state index in [1.54, 1.807) is 7.11 Å². The van der Waals surface area contributed by atoms with Crippen molar-refractivity contribution in [3.63, 3.8) is 0 Å². The number of ether oxygens (including phenoxy) is 1. The van der Waals surface area contributed by atoms with E-state index in [1.807, 2.05) is 12.1 Å². The van der Waals surface area contributed by atoms with E-state index < -0.39 is 0 Å². The van der Waals surface area contributed by atoms with E-state index in [2.05, 4.69) is 35.9 Å². The van der Waals surface area contributed by atoms with Crippen LogP contribution < -0.4 is 10.5 Å². The minimum absolute atomic E-state index is 0. The van der Waals surface area contributed by atoms with Crippen LogP contribution in [0.25, 0.3) is 0 Å². The molecule has 2 N–H and O–H groups in total. The van der Waals surface area contributed by atoms with Gasteiger partial charge in [0.05, 0.1) is 7.11 Å². The lowest BCUT2D eigenvalue weighted by Crippen LogP contribution is -2.37. The van der Waals surface area contributed by atoms with Crippen molar-refractivity contribution < 1.29 is 4.74 Å². The van der Waals surface area contributed by atoms with Crippen LogP contribution in [0.4, 0.5) is 0 Å². The Labute approximate surface area is 139 Å². The molecule has 0 aliphatic heterocycles. The quantitative estimate of drug-likeness (QED) is 0.337. The average Bonchev–Trinajstić information content (AvgIpc) is 2.45. The van der Waals surface area contributed by atoms with Crippen LogP contribution in [-0.4, -0.2) is 37.6 Å². The fourth-order valence-corrected chi connectivity index (χ4v) is 1.95. The van der Waals surface area contributed by atoms with Crippen molar-refractivity contribution >= 4 is 29.9 Å². The molecule has 0 amide bonds. The number of rotatable bonds is 7. The third-order valence-corrected chi connectivity index (χ3v) is 3.12. The standard InChI is InChI=1S/C15H25N3O.HI/c1-4-18(5-2)15(16)17-11-7-9-13-8-6-10-14(12-13)19-3;/h6,8,10,12H,4-5,7,9,11H2,1-3H3,(H2,16,17);1H. The first-order valence-corrected chi connectivity index (χ1v) is 6.89. The molecule has 1 rings (SSSR count). The summed E-state index contributed by atoms with van der Waals surface area (Å²) >= 11 is 0. The first-order valence-electron chi connectivity index (χ1n) is 6.89. The zero-order valence-corrected chi connectivity index (χ0v) is 15.0. The largest absolute Gasteiger partial charge is 0.497 e. The molecule has 0 atom stereocenters. The molecular weight excluding hydrogens is 365 g/mol. The SMILES string of the molecule is CCN(CC)C(N)=NCCCc1cccc(OC)c1.I. The van der Waals surface area contributed by atoms with Gasteiger partial charge in [-0.1, -0.05) is 12.1 Å². The maximum absolute atomic E-state index is 5.92. The molecule has 1 aromatic carbocycles. The molecule has 0 aliphatic rings. The van der Waals surface area contributed by atoms with Crippen LogP contribution in [0.2, 0.25) is 0 Å². The summed E-state index contributed by atoms with van der Waals surface area (Å²) in [4.78, 5) is 6.47. The highest BCUT2D eigenvalue weighted by atomic mass is 127. The van der Waals surface area contributed by atoms with Crippen molar-refractivity contribution in [1.29, 1.82) is 0 Å². The summed E-state index contributed by atoms with van der Waals surface area (Å²) in [6, 6.07) is 8.15. The lowest BCUT2D eigenvalue weighted by molar-refractivity contribution is 0.414. The van der Waals surface area contributed by atoms with Crippen LogP contribution in [0.3, 0.4) is 0 Å². The predicted molar refractivity (Wildman–Crippen MR) is 96.1 cm³/mol. The van der Waals surface area contributed by atoms with E-state index in [0.29, 0.717) is 5.96 Å². The first-order chi connectivity index (χ1) is 9.21. The smallest absolute Gasteiger partial charge is 0.191 e. The maximum atomic E-state index is 5.92. The number of nitrogens with zero attached hydrogens (tertiary/aromatic N) is 2. The molecule has 114 valence electrons. The molecule has 0 saturated carbocycles. The van der Waals surface area contributed by atoms with Gasteiger partial charge in [-0.05, 0) is 44.4 Å². The Morgan fingerprint density at radius 2 is 2.00 bits per heavy atom. The topological polar surface area (TPSA) is 50.8 Å². The van der Waals surface area contributed by atoms with Gasteiger partial charge in [0.25, 0.3) is 0 Å². The number of guanidine groups is 1. The molecule has 0 radical (unpaired) electrons. The van der Waals surface area contributed by atoms with Gasteiger partial charge in [-0.25, -0.2) is 0 Å². The van der Waals surface area contributed by atoms with Gasteiger partial charge in [-0.3, -0.25) is 4.99 Å². The third-order valence-electron chi connectivity index (χ3n) is 3.12. The minimum atomic E-state index is 0. The summed E-state index contributed by atoms with van der Waals surface area (Å²) in [7, 11) is 1.69. The van der Waals surface area contributed by atoms with E-state index in [0.717, 1.165) is 38.2 Å². The van der Waals surface area contributed by atoms with Crippen LogP contribution in [-0.2, 0) is 6.42 Å². The normalized spacial score (nSPS) is 10.8. The van der Waals surface area contributed by atoms with Crippen LogP contribution in [0.5, 0.6) is 5.75 Å².